The number of nitrogens with two attached hydrogens (primary N) is 1. The molecule has 0 radical (unpaired) electrons. The van der Waals surface area contributed by atoms with Crippen LogP contribution in [0, 0.1) is 5.41 Å². The van der Waals surface area contributed by atoms with E-state index < -0.39 is 5.60 Å². The number of carbonyl (C=O) groups excluding carboxylic acids is 1. The Kier molecular flexibility index (Phi) is 4.30. The summed E-state index contributed by atoms with van der Waals surface area (Å²) in [5.74, 6) is 0. The van der Waals surface area contributed by atoms with E-state index in [9.17, 15) is 4.79 Å². The molecule has 0 aromatic carbocycles. The smallest absolute Gasteiger partial charge is 0.410 e. The number of likely N-dealkylation sites (tertiary alicyclic amines) is 1. The lowest BCUT2D eigenvalue weighted by molar-refractivity contribution is -0.149. The summed E-state index contributed by atoms with van der Waals surface area (Å²) in [6, 6.07) is 0.129. The van der Waals surface area contributed by atoms with Crippen LogP contribution < -0.4 is 5.73 Å². The van der Waals surface area contributed by atoms with Gasteiger partial charge in [-0.1, -0.05) is 0 Å². The molecule has 116 valence electrons. The molecule has 2 fully saturated rings. The Labute approximate surface area is 121 Å². The minimum atomic E-state index is -0.456. The van der Waals surface area contributed by atoms with Gasteiger partial charge in [0, 0.05) is 31.2 Å². The predicted molar refractivity (Wildman–Crippen MR) is 77.5 cm³/mol. The van der Waals surface area contributed by atoms with Crippen molar-refractivity contribution in [2.75, 3.05) is 19.7 Å². The molecule has 20 heavy (non-hydrogen) atoms. The van der Waals surface area contributed by atoms with E-state index in [1.165, 1.54) is 0 Å². The average molecular weight is 284 g/mol. The molecular formula is C15H28N2O3. The number of rotatable bonds is 2. The molecule has 2 rings (SSSR count). The quantitative estimate of drug-likeness (QED) is 0.843. The lowest BCUT2D eigenvalue weighted by Gasteiger charge is -2.57. The molecule has 1 saturated carbocycles. The molecule has 1 saturated heterocycles. The van der Waals surface area contributed by atoms with E-state index in [1.807, 2.05) is 27.7 Å². The van der Waals surface area contributed by atoms with Crippen LogP contribution in [0.2, 0.25) is 0 Å². The molecule has 3 atom stereocenters. The van der Waals surface area contributed by atoms with E-state index in [1.54, 1.807) is 4.90 Å². The van der Waals surface area contributed by atoms with Crippen molar-refractivity contribution in [2.24, 2.45) is 11.1 Å². The molecule has 1 amide bonds. The molecule has 2 aliphatic rings. The maximum Gasteiger partial charge on any atom is 0.410 e. The van der Waals surface area contributed by atoms with Gasteiger partial charge in [0.25, 0.3) is 0 Å². The zero-order chi connectivity index (χ0) is 15.0. The molecule has 0 unspecified atom stereocenters. The van der Waals surface area contributed by atoms with Gasteiger partial charge >= 0.3 is 6.09 Å². The maximum absolute atomic E-state index is 12.2. The van der Waals surface area contributed by atoms with Gasteiger partial charge < -0.3 is 20.1 Å². The number of amides is 1. The van der Waals surface area contributed by atoms with Crippen molar-refractivity contribution in [1.82, 2.24) is 4.90 Å². The van der Waals surface area contributed by atoms with Gasteiger partial charge in [-0.05, 0) is 47.0 Å². The number of nitrogens with zero attached hydrogens (tertiary/aromatic N) is 1. The Morgan fingerprint density at radius 1 is 1.45 bits per heavy atom. The fourth-order valence-corrected chi connectivity index (χ4v) is 3.37. The van der Waals surface area contributed by atoms with Crippen molar-refractivity contribution in [3.05, 3.63) is 0 Å². The third-order valence-corrected chi connectivity index (χ3v) is 4.42. The summed E-state index contributed by atoms with van der Waals surface area (Å²) in [6.07, 6.45) is 2.86. The monoisotopic (exact) mass is 284 g/mol. The van der Waals surface area contributed by atoms with Gasteiger partial charge in [0.1, 0.15) is 5.60 Å². The lowest BCUT2D eigenvalue weighted by atomic mass is 9.58. The Balaban J connectivity index is 2.02. The first-order valence-corrected chi connectivity index (χ1v) is 7.63. The van der Waals surface area contributed by atoms with Crippen molar-refractivity contribution < 1.29 is 14.3 Å². The van der Waals surface area contributed by atoms with Crippen LogP contribution in [0.5, 0.6) is 0 Å². The third kappa shape index (κ3) is 2.93. The van der Waals surface area contributed by atoms with Crippen LogP contribution in [-0.2, 0) is 9.47 Å². The average Bonchev–Trinajstić information content (AvgIpc) is 2.37. The van der Waals surface area contributed by atoms with E-state index in [0.717, 1.165) is 25.8 Å². The number of carbonyl (C=O) groups is 1. The van der Waals surface area contributed by atoms with E-state index in [0.29, 0.717) is 13.2 Å². The summed E-state index contributed by atoms with van der Waals surface area (Å²) in [5.41, 5.74) is 5.72. The highest BCUT2D eigenvalue weighted by Crippen LogP contribution is 2.48. The second kappa shape index (κ2) is 5.53. The first-order valence-electron chi connectivity index (χ1n) is 7.63. The summed E-state index contributed by atoms with van der Waals surface area (Å²) in [7, 11) is 0. The summed E-state index contributed by atoms with van der Waals surface area (Å²) >= 11 is 0. The maximum atomic E-state index is 12.2. The molecule has 0 aromatic heterocycles. The van der Waals surface area contributed by atoms with Crippen LogP contribution in [-0.4, -0.2) is 48.4 Å². The predicted octanol–water partition coefficient (Wildman–Crippen LogP) is 2.14. The Morgan fingerprint density at radius 3 is 2.70 bits per heavy atom. The second-order valence-electron chi connectivity index (χ2n) is 7.02. The van der Waals surface area contributed by atoms with Gasteiger partial charge in [0.2, 0.25) is 0 Å². The molecule has 1 heterocycles. The fourth-order valence-electron chi connectivity index (χ4n) is 3.37. The first-order chi connectivity index (χ1) is 9.28. The van der Waals surface area contributed by atoms with Crippen molar-refractivity contribution in [3.8, 4) is 0 Å². The summed E-state index contributed by atoms with van der Waals surface area (Å²) in [4.78, 5) is 14.0. The fraction of sp³-hybridized carbons (Fsp3) is 0.933. The van der Waals surface area contributed by atoms with Crippen LogP contribution in [0.4, 0.5) is 4.79 Å². The number of piperidine rings is 1. The molecule has 0 bridgehead atoms. The molecule has 0 aromatic rings. The third-order valence-electron chi connectivity index (χ3n) is 4.42. The van der Waals surface area contributed by atoms with Crippen molar-refractivity contribution in [3.63, 3.8) is 0 Å². The Morgan fingerprint density at radius 2 is 2.15 bits per heavy atom. The number of hydrogen-bond acceptors (Lipinski definition) is 4. The van der Waals surface area contributed by atoms with Crippen LogP contribution in [0.1, 0.15) is 47.0 Å². The van der Waals surface area contributed by atoms with E-state index in [4.69, 9.17) is 15.2 Å². The van der Waals surface area contributed by atoms with Gasteiger partial charge in [0.05, 0.1) is 6.10 Å². The summed E-state index contributed by atoms with van der Waals surface area (Å²) < 4.78 is 11.3. The minimum Gasteiger partial charge on any atom is -0.444 e. The second-order valence-corrected chi connectivity index (χ2v) is 7.02. The summed E-state index contributed by atoms with van der Waals surface area (Å²) in [6.45, 7) is 9.79. The van der Waals surface area contributed by atoms with Crippen molar-refractivity contribution in [2.45, 2.75) is 64.7 Å². The van der Waals surface area contributed by atoms with E-state index >= 15 is 0 Å². The normalized spacial score (nSPS) is 34.0. The topological polar surface area (TPSA) is 64.8 Å². The zero-order valence-electron chi connectivity index (χ0n) is 13.1. The van der Waals surface area contributed by atoms with E-state index in [2.05, 4.69) is 0 Å². The molecule has 5 heteroatoms. The van der Waals surface area contributed by atoms with Crippen LogP contribution >= 0.6 is 0 Å². The Hall–Kier alpha value is -0.810. The van der Waals surface area contributed by atoms with Crippen LogP contribution in [0.15, 0.2) is 0 Å². The van der Waals surface area contributed by atoms with Gasteiger partial charge in [-0.15, -0.1) is 0 Å². The van der Waals surface area contributed by atoms with Gasteiger partial charge in [-0.25, -0.2) is 4.79 Å². The Bertz CT molecular complexity index is 365. The van der Waals surface area contributed by atoms with Crippen molar-refractivity contribution in [1.29, 1.82) is 0 Å². The van der Waals surface area contributed by atoms with Gasteiger partial charge in [-0.2, -0.15) is 0 Å². The SMILES string of the molecule is CCO[C@@H]1C[C@@H](N)[C@@]12CCCN(C(=O)OC(C)(C)C)C2. The van der Waals surface area contributed by atoms with E-state index in [-0.39, 0.29) is 23.7 Å². The minimum absolute atomic E-state index is 0.0643. The zero-order valence-corrected chi connectivity index (χ0v) is 13.1. The lowest BCUT2D eigenvalue weighted by Crippen LogP contribution is -2.68. The molecule has 1 aliphatic heterocycles. The largest absolute Gasteiger partial charge is 0.444 e. The van der Waals surface area contributed by atoms with Crippen LogP contribution in [0.3, 0.4) is 0 Å². The molecule has 1 spiro atoms. The van der Waals surface area contributed by atoms with Gasteiger partial charge in [0.15, 0.2) is 0 Å². The number of hydrogen-bond donors (Lipinski definition) is 1. The molecule has 1 aliphatic carbocycles. The highest BCUT2D eigenvalue weighted by molar-refractivity contribution is 5.68. The van der Waals surface area contributed by atoms with Gasteiger partial charge in [-0.3, -0.25) is 0 Å². The molecular weight excluding hydrogens is 256 g/mol. The molecule has 5 nitrogen and oxygen atoms in total. The highest BCUT2D eigenvalue weighted by atomic mass is 16.6. The summed E-state index contributed by atoms with van der Waals surface area (Å²) in [5, 5.41) is 0. The van der Waals surface area contributed by atoms with Crippen molar-refractivity contribution >= 4 is 6.09 Å². The molecule has 2 N–H and O–H groups in total. The first kappa shape index (κ1) is 15.6. The highest BCUT2D eigenvalue weighted by Gasteiger charge is 2.56. The van der Waals surface area contributed by atoms with Crippen LogP contribution in [0.25, 0.3) is 0 Å². The standard InChI is InChI=1S/C15H28N2O3/c1-5-19-12-9-11(16)15(12)7-6-8-17(10-15)13(18)20-14(2,3)4/h11-12H,5-10,16H2,1-4H3/t11-,12-,15+/m1/s1. The number of ether oxygens (including phenoxy) is 2.